The van der Waals surface area contributed by atoms with E-state index >= 15 is 4.39 Å². The van der Waals surface area contributed by atoms with Crippen molar-refractivity contribution in [3.05, 3.63) is 95.8 Å². The van der Waals surface area contributed by atoms with Crippen molar-refractivity contribution in [3.8, 4) is 22.3 Å². The number of hydrogen-bond donors (Lipinski definition) is 0. The quantitative estimate of drug-likeness (QED) is 0.165. The molecule has 1 saturated carbocycles. The molecule has 3 aromatic rings. The lowest BCUT2D eigenvalue weighted by atomic mass is 9.77. The number of unbranched alkanes of at least 4 members (excludes halogenated alkanes) is 4. The minimum absolute atomic E-state index is 0.232. The Hall–Kier alpha value is -2.81. The molecule has 4 rings (SSSR count). The third kappa shape index (κ3) is 6.98. The fourth-order valence-corrected chi connectivity index (χ4v) is 5.91. The normalized spacial score (nSPS) is 17.5. The highest BCUT2D eigenvalue weighted by molar-refractivity contribution is 5.71. The summed E-state index contributed by atoms with van der Waals surface area (Å²) in [6.07, 6.45) is 14.8. The predicted molar refractivity (Wildman–Crippen MR) is 154 cm³/mol. The molecule has 202 valence electrons. The first-order valence-electron chi connectivity index (χ1n) is 14.5. The minimum Gasteiger partial charge on any atom is -0.206 e. The van der Waals surface area contributed by atoms with Crippen LogP contribution in [0.2, 0.25) is 0 Å². The number of rotatable bonds is 12. The molecule has 1 aliphatic carbocycles. The summed E-state index contributed by atoms with van der Waals surface area (Å²) in [6.45, 7) is 5.98. The topological polar surface area (TPSA) is 0 Å². The minimum atomic E-state index is -0.807. The van der Waals surface area contributed by atoms with E-state index in [0.29, 0.717) is 29.0 Å². The molecule has 0 aliphatic heterocycles. The Morgan fingerprint density at radius 2 is 1.42 bits per heavy atom. The molecule has 0 nitrogen and oxygen atoms in total. The van der Waals surface area contributed by atoms with Crippen LogP contribution < -0.4 is 0 Å². The summed E-state index contributed by atoms with van der Waals surface area (Å²) in [7, 11) is 0. The van der Waals surface area contributed by atoms with E-state index < -0.39 is 11.6 Å². The van der Waals surface area contributed by atoms with E-state index in [0.717, 1.165) is 62.0 Å². The molecule has 0 unspecified atom stereocenters. The van der Waals surface area contributed by atoms with Gasteiger partial charge in [-0.05, 0) is 91.5 Å². The maximum Gasteiger partial charge on any atom is 0.166 e. The van der Waals surface area contributed by atoms with Crippen molar-refractivity contribution < 1.29 is 13.2 Å². The summed E-state index contributed by atoms with van der Waals surface area (Å²) in [4.78, 5) is 0. The maximum absolute atomic E-state index is 15.2. The summed E-state index contributed by atoms with van der Waals surface area (Å²) in [5.74, 6) is -0.614. The van der Waals surface area contributed by atoms with Gasteiger partial charge in [0.25, 0.3) is 0 Å². The summed E-state index contributed by atoms with van der Waals surface area (Å²) in [5, 5.41) is 0. The second-order valence-corrected chi connectivity index (χ2v) is 11.0. The van der Waals surface area contributed by atoms with Crippen LogP contribution in [0.4, 0.5) is 13.2 Å². The lowest BCUT2D eigenvalue weighted by Crippen LogP contribution is -2.13. The predicted octanol–water partition coefficient (Wildman–Crippen LogP) is 11.2. The number of aryl methyl sites for hydroxylation is 1. The monoisotopic (exact) mass is 518 g/mol. The van der Waals surface area contributed by atoms with Crippen molar-refractivity contribution in [2.45, 2.75) is 89.9 Å². The summed E-state index contributed by atoms with van der Waals surface area (Å²) in [5.41, 5.74) is 3.61. The molecular weight excluding hydrogens is 477 g/mol. The number of halogens is 3. The Labute approximate surface area is 227 Å². The fourth-order valence-electron chi connectivity index (χ4n) is 5.91. The van der Waals surface area contributed by atoms with Crippen LogP contribution in [0.25, 0.3) is 22.3 Å². The second-order valence-electron chi connectivity index (χ2n) is 11.0. The molecule has 0 radical (unpaired) electrons. The lowest BCUT2D eigenvalue weighted by molar-refractivity contribution is 0.311. The van der Waals surface area contributed by atoms with Gasteiger partial charge >= 0.3 is 0 Å². The third-order valence-corrected chi connectivity index (χ3v) is 8.31. The number of benzene rings is 3. The first-order chi connectivity index (χ1) is 18.5. The van der Waals surface area contributed by atoms with Crippen molar-refractivity contribution in [1.29, 1.82) is 0 Å². The van der Waals surface area contributed by atoms with E-state index in [2.05, 4.69) is 19.6 Å². The van der Waals surface area contributed by atoms with E-state index in [1.165, 1.54) is 25.7 Å². The smallest absolute Gasteiger partial charge is 0.166 e. The van der Waals surface area contributed by atoms with Gasteiger partial charge in [0.15, 0.2) is 11.6 Å². The van der Waals surface area contributed by atoms with Crippen LogP contribution in [0, 0.1) is 23.4 Å². The first-order valence-corrected chi connectivity index (χ1v) is 14.5. The van der Waals surface area contributed by atoms with Crippen molar-refractivity contribution in [2.24, 2.45) is 5.92 Å². The summed E-state index contributed by atoms with van der Waals surface area (Å²) in [6, 6.07) is 16.0. The maximum atomic E-state index is 15.2. The van der Waals surface area contributed by atoms with Crippen LogP contribution in [0.3, 0.4) is 0 Å². The van der Waals surface area contributed by atoms with Gasteiger partial charge in [-0.25, -0.2) is 13.2 Å². The largest absolute Gasteiger partial charge is 0.206 e. The molecule has 0 N–H and O–H groups in total. The Bertz CT molecular complexity index is 1190. The second kappa shape index (κ2) is 13.8. The van der Waals surface area contributed by atoms with Crippen molar-refractivity contribution in [2.75, 3.05) is 0 Å². The van der Waals surface area contributed by atoms with Crippen LogP contribution in [-0.2, 0) is 6.42 Å². The van der Waals surface area contributed by atoms with E-state index in [-0.39, 0.29) is 11.4 Å². The van der Waals surface area contributed by atoms with Gasteiger partial charge < -0.3 is 0 Å². The summed E-state index contributed by atoms with van der Waals surface area (Å²) >= 11 is 0. The highest BCUT2D eigenvalue weighted by Gasteiger charge is 2.23. The molecule has 3 heteroatoms. The standard InChI is InChI=1S/C35H41F3/c1-3-5-7-8-9-11-29-20-23-32(35(38)34(29)37)28-18-16-27(17-19-28)31-22-21-30(24-33(31)36)26-14-12-25(13-15-26)10-6-4-2/h4,16-26H,2-3,5-15H2,1H3. The highest BCUT2D eigenvalue weighted by atomic mass is 19.2. The molecular formula is C35H41F3. The van der Waals surface area contributed by atoms with Gasteiger partial charge in [-0.2, -0.15) is 0 Å². The average molecular weight is 519 g/mol. The van der Waals surface area contributed by atoms with Crippen molar-refractivity contribution >= 4 is 0 Å². The Kier molecular flexibility index (Phi) is 10.3. The molecule has 1 fully saturated rings. The van der Waals surface area contributed by atoms with Crippen LogP contribution in [0.1, 0.15) is 94.6 Å². The van der Waals surface area contributed by atoms with E-state index in [1.807, 2.05) is 12.1 Å². The van der Waals surface area contributed by atoms with Crippen molar-refractivity contribution in [3.63, 3.8) is 0 Å². The molecule has 1 aliphatic rings. The van der Waals surface area contributed by atoms with Crippen LogP contribution in [-0.4, -0.2) is 0 Å². The zero-order valence-corrected chi connectivity index (χ0v) is 22.8. The highest BCUT2D eigenvalue weighted by Crippen LogP contribution is 2.39. The fraction of sp³-hybridized carbons (Fsp3) is 0.429. The number of allylic oxidation sites excluding steroid dienone is 1. The molecule has 0 aromatic heterocycles. The number of hydrogen-bond acceptors (Lipinski definition) is 0. The van der Waals surface area contributed by atoms with Gasteiger partial charge in [0.05, 0.1) is 0 Å². The molecule has 0 atom stereocenters. The molecule has 3 aromatic carbocycles. The molecule has 0 heterocycles. The SMILES string of the molecule is C=CCCC1CCC(c2ccc(-c3ccc(-c4ccc(CCCCCCC)c(F)c4F)cc3)c(F)c2)CC1. The van der Waals surface area contributed by atoms with Crippen LogP contribution in [0.15, 0.2) is 67.3 Å². The van der Waals surface area contributed by atoms with Gasteiger partial charge in [0.1, 0.15) is 5.82 Å². The van der Waals surface area contributed by atoms with Gasteiger partial charge in [-0.1, -0.05) is 87.2 Å². The molecule has 38 heavy (non-hydrogen) atoms. The molecule has 0 spiro atoms. The van der Waals surface area contributed by atoms with Crippen LogP contribution >= 0.6 is 0 Å². The molecule has 0 saturated heterocycles. The zero-order valence-electron chi connectivity index (χ0n) is 22.8. The first kappa shape index (κ1) is 28.2. The van der Waals surface area contributed by atoms with Gasteiger partial charge in [0, 0.05) is 11.1 Å². The summed E-state index contributed by atoms with van der Waals surface area (Å²) < 4.78 is 44.9. The molecule has 0 amide bonds. The van der Waals surface area contributed by atoms with Crippen molar-refractivity contribution in [1.82, 2.24) is 0 Å². The van der Waals surface area contributed by atoms with E-state index in [9.17, 15) is 8.78 Å². The van der Waals surface area contributed by atoms with Crippen LogP contribution in [0.5, 0.6) is 0 Å². The van der Waals surface area contributed by atoms with Gasteiger partial charge in [-0.3, -0.25) is 0 Å². The Balaban J connectivity index is 1.41. The van der Waals surface area contributed by atoms with Gasteiger partial charge in [0.2, 0.25) is 0 Å². The van der Waals surface area contributed by atoms with Gasteiger partial charge in [-0.15, -0.1) is 6.58 Å². The lowest BCUT2D eigenvalue weighted by Gasteiger charge is -2.28. The molecule has 0 bridgehead atoms. The Morgan fingerprint density at radius 1 is 0.763 bits per heavy atom. The van der Waals surface area contributed by atoms with E-state index in [4.69, 9.17) is 0 Å². The third-order valence-electron chi connectivity index (χ3n) is 8.31. The zero-order chi connectivity index (χ0) is 26.9. The average Bonchev–Trinajstić information content (AvgIpc) is 2.94. The van der Waals surface area contributed by atoms with E-state index in [1.54, 1.807) is 42.5 Å². The Morgan fingerprint density at radius 3 is 2.08 bits per heavy atom.